The molecule has 0 bridgehead atoms. The second-order valence-electron chi connectivity index (χ2n) is 4.66. The lowest BCUT2D eigenvalue weighted by Crippen LogP contribution is -2.35. The highest BCUT2D eigenvalue weighted by Crippen LogP contribution is 2.11. The normalized spacial score (nSPS) is 13.0. The quantitative estimate of drug-likeness (QED) is 0.799. The third kappa shape index (κ3) is 4.27. The van der Waals surface area contributed by atoms with Crippen molar-refractivity contribution in [3.8, 4) is 0 Å². The van der Waals surface area contributed by atoms with Gasteiger partial charge in [0.2, 0.25) is 10.0 Å². The Bertz CT molecular complexity index is 652. The van der Waals surface area contributed by atoms with E-state index in [1.54, 1.807) is 36.1 Å². The predicted molar refractivity (Wildman–Crippen MR) is 80.4 cm³/mol. The molecule has 0 amide bonds. The fourth-order valence-electron chi connectivity index (χ4n) is 1.88. The summed E-state index contributed by atoms with van der Waals surface area (Å²) in [6, 6.07) is 4.71. The van der Waals surface area contributed by atoms with Crippen LogP contribution in [0.2, 0.25) is 0 Å². The molecule has 0 aliphatic heterocycles. The SMILES string of the molecule is CCNc1ccc(S(=O)(=O)NC(C)Cn2cccn2)cn1. The van der Waals surface area contributed by atoms with Crippen LogP contribution in [-0.2, 0) is 16.6 Å². The molecule has 114 valence electrons. The Balaban J connectivity index is 2.03. The Labute approximate surface area is 124 Å². The number of anilines is 1. The standard InChI is InChI=1S/C13H19N5O2S/c1-3-14-13-6-5-12(9-15-13)21(19,20)17-11(2)10-18-8-4-7-16-18/h4-9,11,17H,3,10H2,1-2H3,(H,14,15). The fraction of sp³-hybridized carbons (Fsp3) is 0.385. The molecular formula is C13H19N5O2S. The van der Waals surface area contributed by atoms with Crippen LogP contribution in [0.4, 0.5) is 5.82 Å². The lowest BCUT2D eigenvalue weighted by molar-refractivity contribution is 0.494. The maximum atomic E-state index is 12.2. The summed E-state index contributed by atoms with van der Waals surface area (Å²) >= 11 is 0. The van der Waals surface area contributed by atoms with Crippen molar-refractivity contribution >= 4 is 15.8 Å². The third-order valence-electron chi connectivity index (χ3n) is 2.78. The molecule has 0 saturated carbocycles. The van der Waals surface area contributed by atoms with Gasteiger partial charge >= 0.3 is 0 Å². The van der Waals surface area contributed by atoms with Gasteiger partial charge in [0.25, 0.3) is 0 Å². The van der Waals surface area contributed by atoms with Crippen LogP contribution < -0.4 is 10.0 Å². The molecule has 7 nitrogen and oxygen atoms in total. The molecule has 2 N–H and O–H groups in total. The van der Waals surface area contributed by atoms with Crippen molar-refractivity contribution < 1.29 is 8.42 Å². The largest absolute Gasteiger partial charge is 0.370 e. The molecule has 8 heteroatoms. The Kier molecular flexibility index (Phi) is 4.92. The van der Waals surface area contributed by atoms with Gasteiger partial charge in [-0.1, -0.05) is 0 Å². The minimum Gasteiger partial charge on any atom is -0.370 e. The Morgan fingerprint density at radius 1 is 1.38 bits per heavy atom. The highest BCUT2D eigenvalue weighted by atomic mass is 32.2. The lowest BCUT2D eigenvalue weighted by Gasteiger charge is -2.14. The Morgan fingerprint density at radius 3 is 2.76 bits per heavy atom. The predicted octanol–water partition coefficient (Wildman–Crippen LogP) is 1.08. The van der Waals surface area contributed by atoms with Gasteiger partial charge in [0, 0.05) is 31.2 Å². The second-order valence-corrected chi connectivity index (χ2v) is 6.37. The van der Waals surface area contributed by atoms with Gasteiger partial charge in [0.15, 0.2) is 0 Å². The van der Waals surface area contributed by atoms with Gasteiger partial charge in [-0.2, -0.15) is 5.10 Å². The highest BCUT2D eigenvalue weighted by molar-refractivity contribution is 7.89. The van der Waals surface area contributed by atoms with E-state index in [2.05, 4.69) is 20.1 Å². The van der Waals surface area contributed by atoms with E-state index < -0.39 is 10.0 Å². The molecule has 0 aliphatic rings. The van der Waals surface area contributed by atoms with E-state index in [1.807, 2.05) is 6.92 Å². The molecule has 2 heterocycles. The van der Waals surface area contributed by atoms with Crippen molar-refractivity contribution in [2.75, 3.05) is 11.9 Å². The van der Waals surface area contributed by atoms with Crippen LogP contribution >= 0.6 is 0 Å². The summed E-state index contributed by atoms with van der Waals surface area (Å²) in [5.41, 5.74) is 0. The van der Waals surface area contributed by atoms with Gasteiger partial charge in [-0.25, -0.2) is 18.1 Å². The first-order chi connectivity index (χ1) is 10.0. The molecule has 0 radical (unpaired) electrons. The molecule has 0 fully saturated rings. The molecule has 0 spiro atoms. The van der Waals surface area contributed by atoms with Crippen LogP contribution in [0.25, 0.3) is 0 Å². The summed E-state index contributed by atoms with van der Waals surface area (Å²) in [6.07, 6.45) is 4.79. The van der Waals surface area contributed by atoms with E-state index in [-0.39, 0.29) is 10.9 Å². The topological polar surface area (TPSA) is 88.9 Å². The lowest BCUT2D eigenvalue weighted by atomic mass is 10.4. The van der Waals surface area contributed by atoms with Crippen LogP contribution in [0.1, 0.15) is 13.8 Å². The summed E-state index contributed by atoms with van der Waals surface area (Å²) in [5.74, 6) is 0.654. The van der Waals surface area contributed by atoms with Crippen molar-refractivity contribution in [1.29, 1.82) is 0 Å². The van der Waals surface area contributed by atoms with E-state index in [9.17, 15) is 8.42 Å². The summed E-state index contributed by atoms with van der Waals surface area (Å²) in [4.78, 5) is 4.22. The van der Waals surface area contributed by atoms with Gasteiger partial charge in [-0.3, -0.25) is 4.68 Å². The zero-order chi connectivity index (χ0) is 15.3. The maximum Gasteiger partial charge on any atom is 0.242 e. The summed E-state index contributed by atoms with van der Waals surface area (Å²) in [7, 11) is -3.58. The molecule has 0 aromatic carbocycles. The summed E-state index contributed by atoms with van der Waals surface area (Å²) in [6.45, 7) is 4.94. The summed E-state index contributed by atoms with van der Waals surface area (Å²) in [5, 5.41) is 7.07. The van der Waals surface area contributed by atoms with Crippen molar-refractivity contribution in [1.82, 2.24) is 19.5 Å². The number of pyridine rings is 1. The Morgan fingerprint density at radius 2 is 2.19 bits per heavy atom. The van der Waals surface area contributed by atoms with E-state index in [0.717, 1.165) is 6.54 Å². The number of sulfonamides is 1. The van der Waals surface area contributed by atoms with E-state index in [4.69, 9.17) is 0 Å². The molecule has 2 rings (SSSR count). The Hall–Kier alpha value is -1.93. The zero-order valence-electron chi connectivity index (χ0n) is 12.0. The number of hydrogen-bond donors (Lipinski definition) is 2. The average molecular weight is 309 g/mol. The monoisotopic (exact) mass is 309 g/mol. The molecule has 0 saturated heterocycles. The van der Waals surface area contributed by atoms with Gasteiger partial charge in [-0.15, -0.1) is 0 Å². The highest BCUT2D eigenvalue weighted by Gasteiger charge is 2.18. The average Bonchev–Trinajstić information content (AvgIpc) is 2.92. The van der Waals surface area contributed by atoms with Crippen LogP contribution in [-0.4, -0.2) is 35.8 Å². The number of nitrogens with one attached hydrogen (secondary N) is 2. The molecule has 1 unspecified atom stereocenters. The first kappa shape index (κ1) is 15.5. The number of nitrogens with zero attached hydrogens (tertiary/aromatic N) is 3. The smallest absolute Gasteiger partial charge is 0.242 e. The van der Waals surface area contributed by atoms with Crippen molar-refractivity contribution in [3.05, 3.63) is 36.8 Å². The summed E-state index contributed by atoms with van der Waals surface area (Å²) < 4.78 is 28.8. The molecule has 21 heavy (non-hydrogen) atoms. The zero-order valence-corrected chi connectivity index (χ0v) is 12.8. The van der Waals surface area contributed by atoms with Crippen LogP contribution in [0.5, 0.6) is 0 Å². The van der Waals surface area contributed by atoms with Gasteiger partial charge in [0.1, 0.15) is 10.7 Å². The minimum absolute atomic E-state index is 0.150. The second kappa shape index (κ2) is 6.68. The molecule has 2 aromatic rings. The van der Waals surface area contributed by atoms with E-state index >= 15 is 0 Å². The van der Waals surface area contributed by atoms with E-state index in [0.29, 0.717) is 12.4 Å². The van der Waals surface area contributed by atoms with Crippen LogP contribution in [0.15, 0.2) is 41.7 Å². The van der Waals surface area contributed by atoms with Gasteiger partial charge in [0.05, 0.1) is 6.54 Å². The number of aromatic nitrogens is 3. The van der Waals surface area contributed by atoms with Crippen molar-refractivity contribution in [2.24, 2.45) is 0 Å². The first-order valence-electron chi connectivity index (χ1n) is 6.71. The molecule has 2 aromatic heterocycles. The molecular weight excluding hydrogens is 290 g/mol. The molecule has 1 atom stereocenters. The third-order valence-corrected chi connectivity index (χ3v) is 4.36. The number of rotatable bonds is 7. The molecule has 0 aliphatic carbocycles. The minimum atomic E-state index is -3.58. The number of hydrogen-bond acceptors (Lipinski definition) is 5. The fourth-order valence-corrected chi connectivity index (χ4v) is 3.06. The van der Waals surface area contributed by atoms with Crippen LogP contribution in [0.3, 0.4) is 0 Å². The first-order valence-corrected chi connectivity index (χ1v) is 8.19. The maximum absolute atomic E-state index is 12.2. The van der Waals surface area contributed by atoms with Gasteiger partial charge < -0.3 is 5.32 Å². The van der Waals surface area contributed by atoms with Gasteiger partial charge in [-0.05, 0) is 32.0 Å². The van der Waals surface area contributed by atoms with Crippen molar-refractivity contribution in [3.63, 3.8) is 0 Å². The van der Waals surface area contributed by atoms with Crippen LogP contribution in [0, 0.1) is 0 Å². The van der Waals surface area contributed by atoms with Crippen molar-refractivity contribution in [2.45, 2.75) is 31.3 Å². The van der Waals surface area contributed by atoms with E-state index in [1.165, 1.54) is 12.3 Å².